The highest BCUT2D eigenvalue weighted by molar-refractivity contribution is 5.95. The molecule has 1 aliphatic heterocycles. The highest BCUT2D eigenvalue weighted by Crippen LogP contribution is 2.25. The van der Waals surface area contributed by atoms with Crippen LogP contribution in [0.5, 0.6) is 11.5 Å². The van der Waals surface area contributed by atoms with Gasteiger partial charge in [-0.25, -0.2) is 0 Å². The summed E-state index contributed by atoms with van der Waals surface area (Å²) >= 11 is 0. The van der Waals surface area contributed by atoms with Crippen LogP contribution < -0.4 is 25.4 Å². The van der Waals surface area contributed by atoms with Gasteiger partial charge in [0, 0.05) is 23.9 Å². The Hall–Kier alpha value is -2.28. The number of carbonyl (C=O) groups excluding carboxylic acids is 2. The first-order chi connectivity index (χ1) is 10.1. The summed E-state index contributed by atoms with van der Waals surface area (Å²) in [5, 5.41) is 7.39. The van der Waals surface area contributed by atoms with Gasteiger partial charge >= 0.3 is 0 Å². The summed E-state index contributed by atoms with van der Waals surface area (Å²) in [7, 11) is 3.09. The Labute approximate surface area is 123 Å². The number of nitrogens with two attached hydrogens (primary N) is 1. The van der Waals surface area contributed by atoms with Crippen molar-refractivity contribution in [3.05, 3.63) is 18.2 Å². The molecule has 1 heterocycles. The second kappa shape index (κ2) is 6.94. The van der Waals surface area contributed by atoms with Gasteiger partial charge in [-0.05, 0) is 0 Å². The predicted octanol–water partition coefficient (Wildman–Crippen LogP) is -0.906. The number of hydrogen-bond donors (Lipinski definition) is 3. The molecule has 21 heavy (non-hydrogen) atoms. The van der Waals surface area contributed by atoms with Crippen molar-refractivity contribution in [2.75, 3.05) is 32.6 Å². The van der Waals surface area contributed by atoms with Gasteiger partial charge in [-0.1, -0.05) is 0 Å². The maximum absolute atomic E-state index is 12.0. The van der Waals surface area contributed by atoms with E-state index in [9.17, 15) is 9.59 Å². The van der Waals surface area contributed by atoms with E-state index in [0.29, 0.717) is 23.7 Å². The van der Waals surface area contributed by atoms with Gasteiger partial charge in [-0.2, -0.15) is 0 Å². The molecule has 0 aromatic heterocycles. The monoisotopic (exact) mass is 294 g/mol. The molecule has 1 aliphatic rings. The van der Waals surface area contributed by atoms with Crippen molar-refractivity contribution in [2.24, 2.45) is 0 Å². The molecule has 1 saturated heterocycles. The highest BCUT2D eigenvalue weighted by atomic mass is 16.5. The predicted molar refractivity (Wildman–Crippen MR) is 76.4 cm³/mol. The standard InChI is InChI=1S/C14H19N3O4/c1-20-10-5-9(6-11(7-10)21-2)17-13(18)8-12-14(19)16-4-3-15-12/h5-7,12,15H,3-4,8H2,1-2H3,(H,16,19)(H,17,18)/p+1/t12-/m0/s1. The van der Waals surface area contributed by atoms with Crippen LogP contribution in [0.3, 0.4) is 0 Å². The van der Waals surface area contributed by atoms with E-state index in [4.69, 9.17) is 9.47 Å². The quantitative estimate of drug-likeness (QED) is 0.656. The summed E-state index contributed by atoms with van der Waals surface area (Å²) in [5.74, 6) is 0.862. The number of nitrogens with one attached hydrogen (secondary N) is 2. The average Bonchev–Trinajstić information content (AvgIpc) is 2.49. The lowest BCUT2D eigenvalue weighted by Crippen LogP contribution is -2.96. The molecule has 7 heteroatoms. The number of quaternary nitrogens is 1. The van der Waals surface area contributed by atoms with Crippen molar-refractivity contribution in [1.29, 1.82) is 0 Å². The Balaban J connectivity index is 2.00. The van der Waals surface area contributed by atoms with Crippen molar-refractivity contribution in [2.45, 2.75) is 12.5 Å². The van der Waals surface area contributed by atoms with Crippen molar-refractivity contribution >= 4 is 17.5 Å². The summed E-state index contributed by atoms with van der Waals surface area (Å²) in [6.07, 6.45) is 0.130. The topological polar surface area (TPSA) is 93.3 Å². The van der Waals surface area contributed by atoms with Crippen molar-refractivity contribution < 1.29 is 24.4 Å². The van der Waals surface area contributed by atoms with Gasteiger partial charge in [-0.15, -0.1) is 0 Å². The number of rotatable bonds is 5. The molecule has 4 N–H and O–H groups in total. The lowest BCUT2D eigenvalue weighted by Gasteiger charge is -2.19. The summed E-state index contributed by atoms with van der Waals surface area (Å²) < 4.78 is 10.3. The Kier molecular flexibility index (Phi) is 4.99. The Morgan fingerprint density at radius 1 is 1.33 bits per heavy atom. The van der Waals surface area contributed by atoms with E-state index in [1.807, 2.05) is 5.32 Å². The van der Waals surface area contributed by atoms with E-state index >= 15 is 0 Å². The molecule has 1 aromatic carbocycles. The zero-order valence-electron chi connectivity index (χ0n) is 12.1. The second-order valence-corrected chi connectivity index (χ2v) is 4.78. The Morgan fingerprint density at radius 3 is 2.57 bits per heavy atom. The largest absolute Gasteiger partial charge is 0.497 e. The minimum absolute atomic E-state index is 0.0976. The maximum Gasteiger partial charge on any atom is 0.278 e. The smallest absolute Gasteiger partial charge is 0.278 e. The van der Waals surface area contributed by atoms with Gasteiger partial charge in [0.2, 0.25) is 5.91 Å². The van der Waals surface area contributed by atoms with E-state index in [1.54, 1.807) is 32.4 Å². The van der Waals surface area contributed by atoms with Crippen LogP contribution >= 0.6 is 0 Å². The summed E-state index contributed by atoms with van der Waals surface area (Å²) in [5.41, 5.74) is 0.576. The molecular weight excluding hydrogens is 274 g/mol. The summed E-state index contributed by atoms with van der Waals surface area (Å²) in [4.78, 5) is 23.7. The molecule has 0 aliphatic carbocycles. The molecule has 2 rings (SSSR count). The van der Waals surface area contributed by atoms with E-state index in [-0.39, 0.29) is 24.3 Å². The van der Waals surface area contributed by atoms with E-state index in [2.05, 4.69) is 10.6 Å². The molecule has 1 atom stereocenters. The first-order valence-electron chi connectivity index (χ1n) is 6.76. The summed E-state index contributed by atoms with van der Waals surface area (Å²) in [6, 6.07) is 4.75. The third-order valence-electron chi connectivity index (χ3n) is 3.27. The molecular formula is C14H20N3O4+. The van der Waals surface area contributed by atoms with E-state index in [0.717, 1.165) is 6.54 Å². The van der Waals surface area contributed by atoms with Gasteiger partial charge in [0.05, 0.1) is 33.7 Å². The maximum atomic E-state index is 12.0. The van der Waals surface area contributed by atoms with Gasteiger partial charge in [0.25, 0.3) is 5.91 Å². The fourth-order valence-corrected chi connectivity index (χ4v) is 2.19. The van der Waals surface area contributed by atoms with Crippen LogP contribution in [0.2, 0.25) is 0 Å². The number of carbonyl (C=O) groups is 2. The molecule has 2 amide bonds. The van der Waals surface area contributed by atoms with Crippen LogP contribution in [0.4, 0.5) is 5.69 Å². The van der Waals surface area contributed by atoms with E-state index < -0.39 is 0 Å². The fourth-order valence-electron chi connectivity index (χ4n) is 2.19. The minimum Gasteiger partial charge on any atom is -0.497 e. The van der Waals surface area contributed by atoms with Crippen LogP contribution in [-0.2, 0) is 9.59 Å². The second-order valence-electron chi connectivity index (χ2n) is 4.78. The average molecular weight is 294 g/mol. The molecule has 0 unspecified atom stereocenters. The summed E-state index contributed by atoms with van der Waals surface area (Å²) in [6.45, 7) is 1.43. The molecule has 114 valence electrons. The van der Waals surface area contributed by atoms with Crippen LogP contribution in [0.25, 0.3) is 0 Å². The Bertz CT molecular complexity index is 511. The molecule has 0 radical (unpaired) electrons. The lowest BCUT2D eigenvalue weighted by atomic mass is 10.1. The minimum atomic E-state index is -0.369. The van der Waals surface area contributed by atoms with Crippen LogP contribution in [-0.4, -0.2) is 45.2 Å². The number of benzene rings is 1. The van der Waals surface area contributed by atoms with Crippen molar-refractivity contribution in [3.63, 3.8) is 0 Å². The Morgan fingerprint density at radius 2 is 2.00 bits per heavy atom. The van der Waals surface area contributed by atoms with Crippen LogP contribution in [0.1, 0.15) is 6.42 Å². The molecule has 0 saturated carbocycles. The van der Waals surface area contributed by atoms with Gasteiger partial charge in [-0.3, -0.25) is 9.59 Å². The highest BCUT2D eigenvalue weighted by Gasteiger charge is 2.27. The zero-order chi connectivity index (χ0) is 15.2. The van der Waals surface area contributed by atoms with E-state index in [1.165, 1.54) is 0 Å². The van der Waals surface area contributed by atoms with Crippen LogP contribution in [0, 0.1) is 0 Å². The van der Waals surface area contributed by atoms with Gasteiger partial charge < -0.3 is 25.4 Å². The normalized spacial score (nSPS) is 17.8. The SMILES string of the molecule is COc1cc(NC(=O)C[C@@H]2[NH2+]CCNC2=O)cc(OC)c1. The molecule has 0 bridgehead atoms. The number of ether oxygens (including phenoxy) is 2. The van der Waals surface area contributed by atoms with Crippen molar-refractivity contribution in [3.8, 4) is 11.5 Å². The number of hydrogen-bond acceptors (Lipinski definition) is 4. The van der Waals surface area contributed by atoms with Crippen LogP contribution in [0.15, 0.2) is 18.2 Å². The molecule has 1 fully saturated rings. The van der Waals surface area contributed by atoms with Gasteiger partial charge in [0.15, 0.2) is 6.04 Å². The lowest BCUT2D eigenvalue weighted by molar-refractivity contribution is -0.678. The number of anilines is 1. The molecule has 1 aromatic rings. The fraction of sp³-hybridized carbons (Fsp3) is 0.429. The van der Waals surface area contributed by atoms with Gasteiger partial charge in [0.1, 0.15) is 11.5 Å². The zero-order valence-corrected chi connectivity index (χ0v) is 12.1. The number of amides is 2. The third kappa shape index (κ3) is 4.09. The number of methoxy groups -OCH3 is 2. The van der Waals surface area contributed by atoms with Crippen molar-refractivity contribution in [1.82, 2.24) is 5.32 Å². The number of piperazine rings is 1. The third-order valence-corrected chi connectivity index (χ3v) is 3.27. The molecule has 0 spiro atoms. The first kappa shape index (κ1) is 15.1. The molecule has 7 nitrogen and oxygen atoms in total. The first-order valence-corrected chi connectivity index (χ1v) is 6.76.